The number of rotatable bonds is 5. The van der Waals surface area contributed by atoms with Crippen molar-refractivity contribution < 1.29 is 14.3 Å². The average Bonchev–Trinajstić information content (AvgIpc) is 2.73. The summed E-state index contributed by atoms with van der Waals surface area (Å²) in [6, 6.07) is 15.3. The van der Waals surface area contributed by atoms with Crippen molar-refractivity contribution in [3.8, 4) is 17.6 Å². The first kappa shape index (κ1) is 18.6. The first-order valence-electron chi connectivity index (χ1n) is 8.88. The maximum atomic E-state index is 12.6. The molecule has 0 atom stereocenters. The van der Waals surface area contributed by atoms with Crippen LogP contribution in [0.2, 0.25) is 0 Å². The van der Waals surface area contributed by atoms with E-state index < -0.39 is 0 Å². The van der Waals surface area contributed by atoms with Gasteiger partial charge in [0, 0.05) is 31.9 Å². The van der Waals surface area contributed by atoms with Gasteiger partial charge in [-0.2, -0.15) is 5.26 Å². The number of carbonyl (C=O) groups is 1. The van der Waals surface area contributed by atoms with Gasteiger partial charge in [0.15, 0.2) is 11.5 Å². The Morgan fingerprint density at radius 1 is 1.00 bits per heavy atom. The molecular weight excluding hydrogens is 342 g/mol. The van der Waals surface area contributed by atoms with E-state index in [1.54, 1.807) is 14.2 Å². The maximum Gasteiger partial charge on any atom is 0.227 e. The number of nitrogens with zero attached hydrogens (tertiary/aromatic N) is 3. The zero-order valence-electron chi connectivity index (χ0n) is 15.6. The summed E-state index contributed by atoms with van der Waals surface area (Å²) in [6.07, 6.45) is 0.344. The van der Waals surface area contributed by atoms with Crippen molar-refractivity contribution in [3.05, 3.63) is 53.6 Å². The minimum absolute atomic E-state index is 0.113. The fourth-order valence-corrected chi connectivity index (χ4v) is 3.24. The molecule has 0 unspecified atom stereocenters. The van der Waals surface area contributed by atoms with Crippen LogP contribution in [-0.4, -0.2) is 51.2 Å². The van der Waals surface area contributed by atoms with Gasteiger partial charge < -0.3 is 19.3 Å². The van der Waals surface area contributed by atoms with Crippen molar-refractivity contribution in [1.29, 1.82) is 5.26 Å². The Labute approximate surface area is 159 Å². The molecule has 6 nitrogen and oxygen atoms in total. The van der Waals surface area contributed by atoms with Crippen molar-refractivity contribution in [2.24, 2.45) is 0 Å². The van der Waals surface area contributed by atoms with Gasteiger partial charge in [0.05, 0.1) is 32.3 Å². The van der Waals surface area contributed by atoms with Crippen LogP contribution in [0.3, 0.4) is 0 Å². The van der Waals surface area contributed by atoms with Crippen LogP contribution in [-0.2, 0) is 11.2 Å². The van der Waals surface area contributed by atoms with Gasteiger partial charge in [0.2, 0.25) is 5.91 Å². The SMILES string of the molecule is COc1ccc(CC(=O)N2CCN(c3ccc(C#N)cc3)CC2)cc1OC. The van der Waals surface area contributed by atoms with Crippen molar-refractivity contribution in [3.63, 3.8) is 0 Å². The summed E-state index contributed by atoms with van der Waals surface area (Å²) < 4.78 is 10.5. The lowest BCUT2D eigenvalue weighted by molar-refractivity contribution is -0.130. The Kier molecular flexibility index (Phi) is 5.82. The number of nitriles is 1. The number of amides is 1. The lowest BCUT2D eigenvalue weighted by Crippen LogP contribution is -2.49. The van der Waals surface area contributed by atoms with Crippen molar-refractivity contribution in [1.82, 2.24) is 4.90 Å². The second-order valence-electron chi connectivity index (χ2n) is 6.39. The maximum absolute atomic E-state index is 12.6. The monoisotopic (exact) mass is 365 g/mol. The van der Waals surface area contributed by atoms with E-state index in [0.29, 0.717) is 36.6 Å². The summed E-state index contributed by atoms with van der Waals surface area (Å²) in [7, 11) is 3.18. The molecule has 1 amide bonds. The van der Waals surface area contributed by atoms with Crippen molar-refractivity contribution in [2.75, 3.05) is 45.3 Å². The van der Waals surface area contributed by atoms with Crippen LogP contribution in [0.5, 0.6) is 11.5 Å². The van der Waals surface area contributed by atoms with Gasteiger partial charge in [0.1, 0.15) is 0 Å². The Morgan fingerprint density at radius 2 is 1.67 bits per heavy atom. The molecule has 0 aromatic heterocycles. The summed E-state index contributed by atoms with van der Waals surface area (Å²) in [6.45, 7) is 2.94. The van der Waals surface area contributed by atoms with E-state index >= 15 is 0 Å². The molecule has 1 heterocycles. The second-order valence-corrected chi connectivity index (χ2v) is 6.39. The van der Waals surface area contributed by atoms with Gasteiger partial charge in [-0.3, -0.25) is 4.79 Å². The Morgan fingerprint density at radius 3 is 2.26 bits per heavy atom. The molecule has 1 aliphatic rings. The summed E-state index contributed by atoms with van der Waals surface area (Å²) in [4.78, 5) is 16.8. The van der Waals surface area contributed by atoms with Crippen LogP contribution < -0.4 is 14.4 Å². The molecule has 27 heavy (non-hydrogen) atoms. The average molecular weight is 365 g/mol. The van der Waals surface area contributed by atoms with E-state index in [1.165, 1.54) is 0 Å². The molecule has 2 aromatic rings. The molecule has 0 spiro atoms. The van der Waals surface area contributed by atoms with Crippen LogP contribution in [0.1, 0.15) is 11.1 Å². The first-order chi connectivity index (χ1) is 13.1. The zero-order chi connectivity index (χ0) is 19.2. The lowest BCUT2D eigenvalue weighted by Gasteiger charge is -2.36. The molecular formula is C21H23N3O3. The molecule has 0 aliphatic carbocycles. The van der Waals surface area contributed by atoms with Crippen LogP contribution in [0.25, 0.3) is 0 Å². The quantitative estimate of drug-likeness (QED) is 0.814. The third-order valence-electron chi connectivity index (χ3n) is 4.80. The summed E-state index contributed by atoms with van der Waals surface area (Å²) >= 11 is 0. The smallest absolute Gasteiger partial charge is 0.227 e. The topological polar surface area (TPSA) is 65.8 Å². The minimum Gasteiger partial charge on any atom is -0.493 e. The molecule has 1 aliphatic heterocycles. The van der Waals surface area contributed by atoms with Crippen molar-refractivity contribution >= 4 is 11.6 Å². The van der Waals surface area contributed by atoms with E-state index in [0.717, 1.165) is 24.3 Å². The van der Waals surface area contributed by atoms with Gasteiger partial charge in [-0.25, -0.2) is 0 Å². The molecule has 6 heteroatoms. The fraction of sp³-hybridized carbons (Fsp3) is 0.333. The first-order valence-corrected chi connectivity index (χ1v) is 8.88. The highest BCUT2D eigenvalue weighted by atomic mass is 16.5. The third kappa shape index (κ3) is 4.32. The molecule has 140 valence electrons. The molecule has 3 rings (SSSR count). The van der Waals surface area contributed by atoms with E-state index in [9.17, 15) is 4.79 Å². The van der Waals surface area contributed by atoms with Crippen LogP contribution >= 0.6 is 0 Å². The minimum atomic E-state index is 0.113. The molecule has 2 aromatic carbocycles. The Balaban J connectivity index is 1.57. The van der Waals surface area contributed by atoms with Crippen LogP contribution in [0.15, 0.2) is 42.5 Å². The Bertz CT molecular complexity index is 835. The normalized spacial score (nSPS) is 13.8. The highest BCUT2D eigenvalue weighted by molar-refractivity contribution is 5.79. The third-order valence-corrected chi connectivity index (χ3v) is 4.80. The van der Waals surface area contributed by atoms with Gasteiger partial charge in [-0.05, 0) is 42.0 Å². The number of anilines is 1. The van der Waals surface area contributed by atoms with Gasteiger partial charge in [0.25, 0.3) is 0 Å². The predicted octanol–water partition coefficient (Wildman–Crippen LogP) is 2.47. The predicted molar refractivity (Wildman–Crippen MR) is 103 cm³/mol. The molecule has 1 saturated heterocycles. The van der Waals surface area contributed by atoms with E-state index in [-0.39, 0.29) is 5.91 Å². The largest absolute Gasteiger partial charge is 0.493 e. The van der Waals surface area contributed by atoms with Crippen LogP contribution in [0.4, 0.5) is 5.69 Å². The van der Waals surface area contributed by atoms with Gasteiger partial charge in [-0.1, -0.05) is 6.07 Å². The highest BCUT2D eigenvalue weighted by Gasteiger charge is 2.21. The number of hydrogen-bond donors (Lipinski definition) is 0. The van der Waals surface area contributed by atoms with E-state index in [1.807, 2.05) is 47.4 Å². The molecule has 1 fully saturated rings. The molecule has 0 N–H and O–H groups in total. The molecule has 0 saturated carbocycles. The Hall–Kier alpha value is -3.20. The van der Waals surface area contributed by atoms with Gasteiger partial charge >= 0.3 is 0 Å². The number of methoxy groups -OCH3 is 2. The lowest BCUT2D eigenvalue weighted by atomic mass is 10.1. The highest BCUT2D eigenvalue weighted by Crippen LogP contribution is 2.28. The summed E-state index contributed by atoms with van der Waals surface area (Å²) in [5, 5.41) is 8.90. The number of benzene rings is 2. The van der Waals surface area contributed by atoms with Gasteiger partial charge in [-0.15, -0.1) is 0 Å². The molecule has 0 radical (unpaired) electrons. The number of carbonyl (C=O) groups excluding carboxylic acids is 1. The standard InChI is InChI=1S/C21H23N3O3/c1-26-19-8-5-17(13-20(19)27-2)14-21(25)24-11-9-23(10-12-24)18-6-3-16(15-22)4-7-18/h3-8,13H,9-12,14H2,1-2H3. The fourth-order valence-electron chi connectivity index (χ4n) is 3.24. The number of hydrogen-bond acceptors (Lipinski definition) is 5. The van der Waals surface area contributed by atoms with Crippen LogP contribution in [0, 0.1) is 11.3 Å². The van der Waals surface area contributed by atoms with Crippen molar-refractivity contribution in [2.45, 2.75) is 6.42 Å². The summed E-state index contributed by atoms with van der Waals surface area (Å²) in [5.41, 5.74) is 2.65. The number of ether oxygens (including phenoxy) is 2. The molecule has 0 bridgehead atoms. The second kappa shape index (κ2) is 8.45. The summed E-state index contributed by atoms with van der Waals surface area (Å²) in [5.74, 6) is 1.40. The number of piperazine rings is 1. The zero-order valence-corrected chi connectivity index (χ0v) is 15.6. The van der Waals surface area contributed by atoms with E-state index in [4.69, 9.17) is 14.7 Å². The van der Waals surface area contributed by atoms with E-state index in [2.05, 4.69) is 11.0 Å².